The molecule has 1 aromatic carbocycles. The number of carbonyl (C=O) groups is 1. The van der Waals surface area contributed by atoms with Gasteiger partial charge in [0.1, 0.15) is 16.9 Å². The molecule has 7 heteroatoms. The molecule has 1 fully saturated rings. The minimum absolute atomic E-state index is 0.0481. The minimum Gasteiger partial charge on any atom is -0.351 e. The van der Waals surface area contributed by atoms with Crippen LogP contribution in [-0.4, -0.2) is 56.7 Å². The van der Waals surface area contributed by atoms with E-state index in [9.17, 15) is 4.79 Å². The smallest absolute Gasteiger partial charge is 0.246 e. The number of hydrogen-bond acceptors (Lipinski definition) is 5. The Morgan fingerprint density at radius 2 is 1.83 bits per heavy atom. The van der Waals surface area contributed by atoms with E-state index in [-0.39, 0.29) is 5.91 Å². The van der Waals surface area contributed by atoms with Crippen molar-refractivity contribution in [3.8, 4) is 0 Å². The van der Waals surface area contributed by atoms with Crippen molar-refractivity contribution in [1.82, 2.24) is 24.6 Å². The maximum atomic E-state index is 12.6. The van der Waals surface area contributed by atoms with Crippen molar-refractivity contribution in [2.75, 3.05) is 31.1 Å². The zero-order valence-corrected chi connectivity index (χ0v) is 17.2. The van der Waals surface area contributed by atoms with Crippen LogP contribution in [0.25, 0.3) is 17.1 Å². The summed E-state index contributed by atoms with van der Waals surface area (Å²) in [5.74, 6) is 1.79. The van der Waals surface area contributed by atoms with Gasteiger partial charge >= 0.3 is 0 Å². The van der Waals surface area contributed by atoms with Gasteiger partial charge in [0.25, 0.3) is 0 Å². The van der Waals surface area contributed by atoms with Crippen LogP contribution in [0.3, 0.4) is 0 Å². The lowest BCUT2D eigenvalue weighted by Gasteiger charge is -2.35. The van der Waals surface area contributed by atoms with Gasteiger partial charge in [-0.2, -0.15) is 5.10 Å². The number of hydrogen-bond donors (Lipinski definition) is 0. The number of rotatable bonds is 4. The van der Waals surface area contributed by atoms with Crippen LogP contribution >= 0.6 is 0 Å². The van der Waals surface area contributed by atoms with E-state index in [1.54, 1.807) is 6.08 Å². The largest absolute Gasteiger partial charge is 0.351 e. The highest BCUT2D eigenvalue weighted by atomic mass is 16.2. The summed E-state index contributed by atoms with van der Waals surface area (Å²) < 4.78 is 1.86. The first kappa shape index (κ1) is 19.1. The van der Waals surface area contributed by atoms with Crippen LogP contribution in [0.5, 0.6) is 0 Å². The second-order valence-corrected chi connectivity index (χ2v) is 7.28. The summed E-state index contributed by atoms with van der Waals surface area (Å²) in [7, 11) is 1.93. The van der Waals surface area contributed by atoms with E-state index >= 15 is 0 Å². The van der Waals surface area contributed by atoms with Gasteiger partial charge in [0.2, 0.25) is 5.91 Å². The first-order valence-corrected chi connectivity index (χ1v) is 10.0. The normalized spacial score (nSPS) is 14.9. The van der Waals surface area contributed by atoms with Crippen molar-refractivity contribution in [2.24, 2.45) is 7.05 Å². The number of aromatic nitrogens is 4. The van der Waals surface area contributed by atoms with E-state index in [2.05, 4.69) is 21.9 Å². The van der Waals surface area contributed by atoms with Crippen LogP contribution in [-0.2, 0) is 18.3 Å². The number of nitrogens with zero attached hydrogens (tertiary/aromatic N) is 6. The molecule has 0 atom stereocenters. The maximum absolute atomic E-state index is 12.6. The topological polar surface area (TPSA) is 67.2 Å². The highest BCUT2D eigenvalue weighted by Gasteiger charge is 2.24. The molecular weight excluding hydrogens is 364 g/mol. The Bertz CT molecular complexity index is 1050. The average molecular weight is 390 g/mol. The summed E-state index contributed by atoms with van der Waals surface area (Å²) in [6.07, 6.45) is 4.31. The summed E-state index contributed by atoms with van der Waals surface area (Å²) in [4.78, 5) is 26.2. The predicted molar refractivity (Wildman–Crippen MR) is 115 cm³/mol. The molecule has 0 N–H and O–H groups in total. The van der Waals surface area contributed by atoms with E-state index < -0.39 is 0 Å². The fourth-order valence-electron chi connectivity index (χ4n) is 3.72. The number of piperazine rings is 1. The quantitative estimate of drug-likeness (QED) is 0.641. The summed E-state index contributed by atoms with van der Waals surface area (Å²) in [6, 6.07) is 9.88. The molecule has 3 aromatic rings. The highest BCUT2D eigenvalue weighted by Crippen LogP contribution is 2.26. The minimum atomic E-state index is 0.0481. The van der Waals surface area contributed by atoms with Crippen LogP contribution in [0.1, 0.15) is 24.0 Å². The second-order valence-electron chi connectivity index (χ2n) is 7.28. The van der Waals surface area contributed by atoms with E-state index in [1.807, 2.05) is 60.0 Å². The highest BCUT2D eigenvalue weighted by molar-refractivity contribution is 5.92. The molecule has 0 bridgehead atoms. The maximum Gasteiger partial charge on any atom is 0.246 e. The van der Waals surface area contributed by atoms with Gasteiger partial charge in [-0.25, -0.2) is 9.97 Å². The second kappa shape index (κ2) is 8.03. The lowest BCUT2D eigenvalue weighted by Crippen LogP contribution is -2.48. The molecule has 0 unspecified atom stereocenters. The molecule has 0 saturated carbocycles. The number of anilines is 1. The van der Waals surface area contributed by atoms with Gasteiger partial charge < -0.3 is 9.80 Å². The molecule has 7 nitrogen and oxygen atoms in total. The van der Waals surface area contributed by atoms with Crippen molar-refractivity contribution < 1.29 is 4.79 Å². The number of carbonyl (C=O) groups excluding carboxylic acids is 1. The van der Waals surface area contributed by atoms with E-state index in [4.69, 9.17) is 4.98 Å². The average Bonchev–Trinajstić information content (AvgIpc) is 3.05. The van der Waals surface area contributed by atoms with Crippen molar-refractivity contribution in [3.05, 3.63) is 53.5 Å². The number of benzene rings is 1. The summed E-state index contributed by atoms with van der Waals surface area (Å²) in [5, 5.41) is 4.53. The molecule has 0 spiro atoms. The molecular formula is C22H26N6O. The van der Waals surface area contributed by atoms with Crippen LogP contribution in [0.15, 0.2) is 36.4 Å². The van der Waals surface area contributed by atoms with Crippen molar-refractivity contribution >= 4 is 28.8 Å². The molecule has 0 radical (unpaired) electrons. The lowest BCUT2D eigenvalue weighted by atomic mass is 10.2. The first-order valence-electron chi connectivity index (χ1n) is 10.0. The van der Waals surface area contributed by atoms with Gasteiger partial charge in [-0.15, -0.1) is 0 Å². The third-order valence-electron chi connectivity index (χ3n) is 5.30. The molecule has 29 heavy (non-hydrogen) atoms. The summed E-state index contributed by atoms with van der Waals surface area (Å²) >= 11 is 0. The molecule has 2 aromatic heterocycles. The van der Waals surface area contributed by atoms with E-state index in [1.165, 1.54) is 0 Å². The van der Waals surface area contributed by atoms with Crippen molar-refractivity contribution in [2.45, 2.75) is 20.3 Å². The Labute approximate surface area is 170 Å². The van der Waals surface area contributed by atoms with Crippen molar-refractivity contribution in [3.63, 3.8) is 0 Å². The Morgan fingerprint density at radius 3 is 2.52 bits per heavy atom. The van der Waals surface area contributed by atoms with Gasteiger partial charge in [0, 0.05) is 45.7 Å². The fourth-order valence-corrected chi connectivity index (χ4v) is 3.72. The van der Waals surface area contributed by atoms with Crippen LogP contribution in [0, 0.1) is 6.92 Å². The summed E-state index contributed by atoms with van der Waals surface area (Å²) in [6.45, 7) is 6.86. The van der Waals surface area contributed by atoms with Gasteiger partial charge in [-0.1, -0.05) is 37.3 Å². The van der Waals surface area contributed by atoms with Gasteiger partial charge in [0.05, 0.1) is 5.69 Å². The lowest BCUT2D eigenvalue weighted by molar-refractivity contribution is -0.126. The molecule has 3 heterocycles. The fraction of sp³-hybridized carbons (Fsp3) is 0.364. The Balaban J connectivity index is 1.50. The van der Waals surface area contributed by atoms with E-state index in [0.717, 1.165) is 53.4 Å². The predicted octanol–water partition coefficient (Wildman–Crippen LogP) is 2.60. The molecule has 150 valence electrons. The number of amides is 1. The zero-order valence-electron chi connectivity index (χ0n) is 17.2. The third kappa shape index (κ3) is 3.85. The molecule has 4 rings (SSSR count). The molecule has 1 amide bonds. The standard InChI is InChI=1S/C22H26N6O/c1-4-18-23-20-16(2)25-26(3)21(20)22(24-18)28-14-12-27(13-15-28)19(29)11-10-17-8-6-5-7-9-17/h5-11H,4,12-15H2,1-3H3/b11-10+. The first-order chi connectivity index (χ1) is 14.1. The van der Waals surface area contributed by atoms with Crippen molar-refractivity contribution in [1.29, 1.82) is 0 Å². The zero-order chi connectivity index (χ0) is 20.4. The van der Waals surface area contributed by atoms with Gasteiger partial charge in [0.15, 0.2) is 5.82 Å². The van der Waals surface area contributed by atoms with E-state index in [0.29, 0.717) is 13.1 Å². The number of fused-ring (bicyclic) bond motifs is 1. The van der Waals surface area contributed by atoms with Crippen LogP contribution < -0.4 is 4.90 Å². The monoisotopic (exact) mass is 390 g/mol. The van der Waals surface area contributed by atoms with Crippen LogP contribution in [0.2, 0.25) is 0 Å². The Kier molecular flexibility index (Phi) is 5.29. The Morgan fingerprint density at radius 1 is 1.10 bits per heavy atom. The SMILES string of the molecule is CCc1nc(N2CCN(C(=O)/C=C/c3ccccc3)CC2)c2c(n1)c(C)nn2C. The molecule has 1 aliphatic heterocycles. The summed E-state index contributed by atoms with van der Waals surface area (Å²) in [5.41, 5.74) is 3.82. The van der Waals surface area contributed by atoms with Gasteiger partial charge in [-0.05, 0) is 18.6 Å². The Hall–Kier alpha value is -3.22. The van der Waals surface area contributed by atoms with Gasteiger partial charge in [-0.3, -0.25) is 9.48 Å². The van der Waals surface area contributed by atoms with Crippen LogP contribution in [0.4, 0.5) is 5.82 Å². The number of aryl methyl sites for hydroxylation is 3. The molecule has 0 aliphatic carbocycles. The third-order valence-corrected chi connectivity index (χ3v) is 5.30. The molecule has 1 saturated heterocycles. The molecule has 1 aliphatic rings.